The van der Waals surface area contributed by atoms with Gasteiger partial charge in [0.1, 0.15) is 22.7 Å². The van der Waals surface area contributed by atoms with Crippen LogP contribution in [-0.2, 0) is 13.1 Å². The molecule has 2 aliphatic rings. The van der Waals surface area contributed by atoms with E-state index in [1.807, 2.05) is 30.3 Å². The molecule has 2 amide bonds. The maximum atomic E-state index is 12.6. The highest BCUT2D eigenvalue weighted by Crippen LogP contribution is 2.26. The zero-order chi connectivity index (χ0) is 40.6. The van der Waals surface area contributed by atoms with Gasteiger partial charge in [0.2, 0.25) is 0 Å². The van der Waals surface area contributed by atoms with Crippen LogP contribution in [0, 0.1) is 10.1 Å². The maximum Gasteiger partial charge on any atom is 0.287 e. The number of benzene rings is 4. The summed E-state index contributed by atoms with van der Waals surface area (Å²) in [6, 6.07) is 29.5. The van der Waals surface area contributed by atoms with E-state index in [1.165, 1.54) is 29.3 Å². The van der Waals surface area contributed by atoms with E-state index < -0.39 is 4.92 Å². The lowest BCUT2D eigenvalue weighted by Gasteiger charge is -2.32. The summed E-state index contributed by atoms with van der Waals surface area (Å²) >= 11 is 0. The minimum atomic E-state index is -0.466. The van der Waals surface area contributed by atoms with Crippen molar-refractivity contribution in [3.05, 3.63) is 130 Å². The van der Waals surface area contributed by atoms with Crippen LogP contribution in [0.1, 0.15) is 57.9 Å². The smallest absolute Gasteiger partial charge is 0.287 e. The van der Waals surface area contributed by atoms with Crippen LogP contribution in [0.15, 0.2) is 106 Å². The van der Waals surface area contributed by atoms with Gasteiger partial charge in [-0.3, -0.25) is 29.5 Å². The Morgan fingerprint density at radius 2 is 1.16 bits per heavy atom. The predicted octanol–water partition coefficient (Wildman–Crippen LogP) is 7.16. The Morgan fingerprint density at radius 1 is 0.672 bits per heavy atom. The average molecular weight is 789 g/mol. The molecule has 14 nitrogen and oxygen atoms in total. The molecule has 6 aromatic rings. The van der Waals surface area contributed by atoms with E-state index in [9.17, 15) is 19.7 Å². The van der Waals surface area contributed by atoms with Crippen molar-refractivity contribution >= 4 is 45.1 Å². The van der Waals surface area contributed by atoms with Crippen molar-refractivity contribution in [1.29, 1.82) is 0 Å². The van der Waals surface area contributed by atoms with Crippen LogP contribution in [0.4, 0.5) is 11.4 Å². The van der Waals surface area contributed by atoms with E-state index in [4.69, 9.17) is 24.0 Å². The fraction of sp³-hybridized carbons (Fsp3) is 0.318. The maximum absolute atomic E-state index is 12.6. The number of ether oxygens (including phenoxy) is 2. The summed E-state index contributed by atoms with van der Waals surface area (Å²) in [4.78, 5) is 40.3. The van der Waals surface area contributed by atoms with Crippen LogP contribution in [-0.4, -0.2) is 79.0 Å². The molecule has 0 bridgehead atoms. The second-order valence-electron chi connectivity index (χ2n) is 14.7. The quantitative estimate of drug-likeness (QED) is 0.0689. The molecule has 0 radical (unpaired) electrons. The zero-order valence-corrected chi connectivity index (χ0v) is 32.6. The first-order chi connectivity index (χ1) is 28.1. The largest absolute Gasteiger partial charge is 0.497 e. The number of carbonyl (C=O) groups is 2. The number of non-ortho nitro benzene ring substituents is 1. The normalized spacial score (nSPS) is 15.4. The van der Waals surface area contributed by atoms with Crippen molar-refractivity contribution in [2.24, 2.45) is 0 Å². The Morgan fingerprint density at radius 3 is 1.64 bits per heavy atom. The summed E-state index contributed by atoms with van der Waals surface area (Å²) in [5.41, 5.74) is 9.96. The molecule has 8 rings (SSSR count). The lowest BCUT2D eigenvalue weighted by Crippen LogP contribution is -2.44. The van der Waals surface area contributed by atoms with Gasteiger partial charge < -0.3 is 34.7 Å². The molecule has 4 N–H and O–H groups in total. The topological polar surface area (TPSA) is 179 Å². The summed E-state index contributed by atoms with van der Waals surface area (Å²) in [5.74, 6) is 1.78. The second-order valence-corrected chi connectivity index (χ2v) is 14.7. The van der Waals surface area contributed by atoms with Gasteiger partial charge in [-0.05, 0) is 91.4 Å². The number of nitro benzene ring substituents is 1. The molecule has 58 heavy (non-hydrogen) atoms. The summed E-state index contributed by atoms with van der Waals surface area (Å²) in [6.07, 6.45) is 3.56. The van der Waals surface area contributed by atoms with Crippen molar-refractivity contribution < 1.29 is 32.8 Å². The van der Waals surface area contributed by atoms with Gasteiger partial charge in [0.15, 0.2) is 11.5 Å². The third-order valence-electron chi connectivity index (χ3n) is 10.7. The van der Waals surface area contributed by atoms with Crippen LogP contribution < -0.4 is 25.8 Å². The monoisotopic (exact) mass is 788 g/mol. The van der Waals surface area contributed by atoms with E-state index in [0.29, 0.717) is 28.0 Å². The summed E-state index contributed by atoms with van der Waals surface area (Å²) in [5, 5.41) is 18.5. The fourth-order valence-electron chi connectivity index (χ4n) is 7.38. The average Bonchev–Trinajstić information content (AvgIpc) is 3.88. The first-order valence-corrected chi connectivity index (χ1v) is 19.4. The van der Waals surface area contributed by atoms with Crippen molar-refractivity contribution in [3.63, 3.8) is 0 Å². The molecule has 4 heterocycles. The predicted molar refractivity (Wildman–Crippen MR) is 221 cm³/mol. The number of hydrogen-bond donors (Lipinski definition) is 3. The number of amides is 2. The molecule has 2 fully saturated rings. The van der Waals surface area contributed by atoms with Gasteiger partial charge in [-0.25, -0.2) is 0 Å². The summed E-state index contributed by atoms with van der Waals surface area (Å²) in [6.45, 7) is 5.47. The van der Waals surface area contributed by atoms with Crippen LogP contribution in [0.2, 0.25) is 0 Å². The van der Waals surface area contributed by atoms with Gasteiger partial charge in [0.05, 0.1) is 19.1 Å². The lowest BCUT2D eigenvalue weighted by atomic mass is 10.0. The molecule has 2 aliphatic heterocycles. The molecular weight excluding hydrogens is 741 g/mol. The number of hydrogen-bond acceptors (Lipinski definition) is 11. The molecule has 302 valence electrons. The standard InChI is InChI=1S/C22H23N3O5.C22H25N3O3/c1-29-19-5-2-15(3-6-19)14-24-10-8-17(9-11-24)23-22(26)21-13-16-12-18(25(27)28)4-7-20(16)30-21;1-27-19-6-2-15(3-7-19)14-25-10-8-18(9-11-25)24-22(26)21-12-16-4-5-17(23)13-20(16)28-21/h2-7,12-13,17H,8-11,14H2,1H3,(H,23,26);2-7,12-13,18H,8-11,14,23H2,1H3,(H,24,26). The van der Waals surface area contributed by atoms with E-state index in [1.54, 1.807) is 38.5 Å². The number of nitrogen functional groups attached to an aromatic ring is 1. The Hall–Kier alpha value is -6.38. The first kappa shape index (κ1) is 39.8. The molecule has 0 atom stereocenters. The number of anilines is 1. The first-order valence-electron chi connectivity index (χ1n) is 19.4. The Kier molecular flexibility index (Phi) is 12.5. The zero-order valence-electron chi connectivity index (χ0n) is 32.6. The Balaban J connectivity index is 0.000000177. The van der Waals surface area contributed by atoms with Gasteiger partial charge in [0, 0.05) is 86.0 Å². The van der Waals surface area contributed by atoms with Crippen molar-refractivity contribution in [2.45, 2.75) is 50.9 Å². The molecule has 2 aromatic heterocycles. The van der Waals surface area contributed by atoms with Crippen molar-refractivity contribution in [1.82, 2.24) is 20.4 Å². The third kappa shape index (κ3) is 10.1. The molecule has 0 saturated carbocycles. The number of furan rings is 2. The SMILES string of the molecule is COc1ccc(CN2CCC(NC(=O)c3cc4cc([N+](=O)[O-])ccc4o3)CC2)cc1.COc1ccc(CN2CCC(NC(=O)c3cc4ccc(N)cc4o3)CC2)cc1. The molecule has 0 spiro atoms. The van der Waals surface area contributed by atoms with E-state index in [0.717, 1.165) is 81.8 Å². The number of nitrogens with zero attached hydrogens (tertiary/aromatic N) is 3. The van der Waals surface area contributed by atoms with Gasteiger partial charge in [-0.2, -0.15) is 0 Å². The lowest BCUT2D eigenvalue weighted by molar-refractivity contribution is -0.384. The highest BCUT2D eigenvalue weighted by atomic mass is 16.6. The molecule has 0 aliphatic carbocycles. The van der Waals surface area contributed by atoms with Gasteiger partial charge in [-0.15, -0.1) is 0 Å². The van der Waals surface area contributed by atoms with Crippen LogP contribution >= 0.6 is 0 Å². The minimum Gasteiger partial charge on any atom is -0.497 e. The molecular formula is C44H48N6O8. The Labute approximate surface area is 336 Å². The number of piperidine rings is 2. The van der Waals surface area contributed by atoms with Crippen molar-refractivity contribution in [2.75, 3.05) is 46.1 Å². The molecule has 0 unspecified atom stereocenters. The minimum absolute atomic E-state index is 0.0282. The van der Waals surface area contributed by atoms with Gasteiger partial charge in [0.25, 0.3) is 17.5 Å². The number of nitrogens with one attached hydrogen (secondary N) is 2. The third-order valence-corrected chi connectivity index (χ3v) is 10.7. The number of fused-ring (bicyclic) bond motifs is 2. The number of rotatable bonds is 11. The molecule has 2 saturated heterocycles. The molecule has 4 aromatic carbocycles. The number of methoxy groups -OCH3 is 2. The molecule has 14 heteroatoms. The summed E-state index contributed by atoms with van der Waals surface area (Å²) in [7, 11) is 3.33. The van der Waals surface area contributed by atoms with Gasteiger partial charge in [-0.1, -0.05) is 24.3 Å². The van der Waals surface area contributed by atoms with E-state index in [2.05, 4.69) is 44.7 Å². The van der Waals surface area contributed by atoms with Crippen LogP contribution in [0.3, 0.4) is 0 Å². The second kappa shape index (κ2) is 18.3. The van der Waals surface area contributed by atoms with Crippen molar-refractivity contribution in [3.8, 4) is 11.5 Å². The number of likely N-dealkylation sites (tertiary alicyclic amines) is 2. The Bertz CT molecular complexity index is 2340. The number of nitrogens with two attached hydrogens (primary N) is 1. The van der Waals surface area contributed by atoms with Crippen LogP contribution in [0.5, 0.6) is 11.5 Å². The fourth-order valence-corrected chi connectivity index (χ4v) is 7.38. The van der Waals surface area contributed by atoms with E-state index >= 15 is 0 Å². The highest BCUT2D eigenvalue weighted by Gasteiger charge is 2.24. The number of carbonyl (C=O) groups excluding carboxylic acids is 2. The number of nitro groups is 1. The summed E-state index contributed by atoms with van der Waals surface area (Å²) < 4.78 is 21.6. The van der Waals surface area contributed by atoms with Crippen LogP contribution in [0.25, 0.3) is 21.9 Å². The van der Waals surface area contributed by atoms with Gasteiger partial charge >= 0.3 is 0 Å². The highest BCUT2D eigenvalue weighted by molar-refractivity contribution is 5.97. The van der Waals surface area contributed by atoms with E-state index in [-0.39, 0.29) is 35.3 Å².